The molecule has 132 valence electrons. The van der Waals surface area contributed by atoms with Gasteiger partial charge in [-0.15, -0.1) is 0 Å². The summed E-state index contributed by atoms with van der Waals surface area (Å²) in [4.78, 5) is 44.5. The molecular weight excluding hydrogens is 342 g/mol. The highest BCUT2D eigenvalue weighted by Gasteiger charge is 2.26. The summed E-state index contributed by atoms with van der Waals surface area (Å²) in [6.45, 7) is 4.21. The van der Waals surface area contributed by atoms with Crippen LogP contribution in [0.25, 0.3) is 0 Å². The second-order valence-corrected chi connectivity index (χ2v) is 6.90. The Morgan fingerprint density at radius 1 is 1.36 bits per heavy atom. The normalized spacial score (nSPS) is 15.8. The molecule has 1 N–H and O–H groups in total. The number of fused-ring (bicyclic) bond motifs is 1. The van der Waals surface area contributed by atoms with Crippen LogP contribution in [0.3, 0.4) is 0 Å². The molecular formula is C16H19N5O3S. The number of aryl methyl sites for hydroxylation is 1. The maximum Gasteiger partial charge on any atom is 0.256 e. The molecule has 1 amide bonds. The van der Waals surface area contributed by atoms with Gasteiger partial charge in [0.1, 0.15) is 0 Å². The van der Waals surface area contributed by atoms with Crippen molar-refractivity contribution in [3.8, 4) is 0 Å². The minimum atomic E-state index is -0.188. The number of nitrogens with zero attached hydrogens (tertiary/aromatic N) is 4. The minimum Gasteiger partial charge on any atom is -0.354 e. The number of thioether (sulfide) groups is 1. The van der Waals surface area contributed by atoms with Crippen LogP contribution in [-0.4, -0.2) is 37.3 Å². The van der Waals surface area contributed by atoms with Crippen molar-refractivity contribution in [3.63, 3.8) is 0 Å². The second kappa shape index (κ2) is 7.22. The quantitative estimate of drug-likeness (QED) is 0.768. The third kappa shape index (κ3) is 3.65. The van der Waals surface area contributed by atoms with E-state index in [1.165, 1.54) is 34.9 Å². The van der Waals surface area contributed by atoms with E-state index in [9.17, 15) is 14.4 Å². The van der Waals surface area contributed by atoms with Crippen LogP contribution in [0.4, 0.5) is 0 Å². The maximum absolute atomic E-state index is 12.2. The van der Waals surface area contributed by atoms with E-state index >= 15 is 0 Å². The van der Waals surface area contributed by atoms with Gasteiger partial charge in [0.05, 0.1) is 12.4 Å². The van der Waals surface area contributed by atoms with Gasteiger partial charge >= 0.3 is 0 Å². The zero-order chi connectivity index (χ0) is 18.0. The van der Waals surface area contributed by atoms with Crippen molar-refractivity contribution in [1.29, 1.82) is 0 Å². The maximum atomic E-state index is 12.2. The molecule has 3 rings (SSSR count). The molecule has 1 unspecified atom stereocenters. The van der Waals surface area contributed by atoms with Gasteiger partial charge in [-0.3, -0.25) is 23.5 Å². The molecule has 0 fully saturated rings. The number of rotatable bonds is 5. The van der Waals surface area contributed by atoms with Crippen LogP contribution in [0, 0.1) is 13.8 Å². The summed E-state index contributed by atoms with van der Waals surface area (Å²) in [6, 6.07) is 1.21. The summed E-state index contributed by atoms with van der Waals surface area (Å²) in [6.07, 6.45) is 3.19. The lowest BCUT2D eigenvalue weighted by Gasteiger charge is -2.13. The van der Waals surface area contributed by atoms with Gasteiger partial charge in [-0.1, -0.05) is 11.8 Å². The first-order valence-electron chi connectivity index (χ1n) is 7.97. The number of carbonyl (C=O) groups excluding carboxylic acids is 1. The minimum absolute atomic E-state index is 0.0968. The molecule has 0 spiro atoms. The zero-order valence-electron chi connectivity index (χ0n) is 14.1. The third-order valence-corrected chi connectivity index (χ3v) is 5.34. The van der Waals surface area contributed by atoms with E-state index in [-0.39, 0.29) is 29.5 Å². The number of aromatic nitrogens is 4. The Kier molecular flexibility index (Phi) is 5.03. The molecule has 25 heavy (non-hydrogen) atoms. The van der Waals surface area contributed by atoms with Crippen LogP contribution in [0.2, 0.25) is 0 Å². The highest BCUT2D eigenvalue weighted by atomic mass is 32.2. The predicted octanol–water partition coefficient (Wildman–Crippen LogP) is 0.270. The number of amides is 1. The van der Waals surface area contributed by atoms with Gasteiger partial charge in [-0.25, -0.2) is 9.97 Å². The van der Waals surface area contributed by atoms with Crippen LogP contribution in [-0.2, 0) is 11.3 Å². The Morgan fingerprint density at radius 3 is 2.96 bits per heavy atom. The topological polar surface area (TPSA) is 98.9 Å². The Labute approximate surface area is 148 Å². The predicted molar refractivity (Wildman–Crippen MR) is 93.9 cm³/mol. The summed E-state index contributed by atoms with van der Waals surface area (Å²) in [5.41, 5.74) is 1.09. The molecule has 0 saturated carbocycles. The Balaban J connectivity index is 1.56. The molecule has 0 bridgehead atoms. The molecule has 2 aromatic rings. The highest BCUT2D eigenvalue weighted by Crippen LogP contribution is 2.31. The molecule has 0 aromatic carbocycles. The molecule has 3 heterocycles. The van der Waals surface area contributed by atoms with Gasteiger partial charge < -0.3 is 5.32 Å². The van der Waals surface area contributed by atoms with Gasteiger partial charge in [0, 0.05) is 48.8 Å². The Hall–Kier alpha value is -2.42. The van der Waals surface area contributed by atoms with Crippen molar-refractivity contribution in [1.82, 2.24) is 24.4 Å². The number of nitrogens with one attached hydrogen (secondary N) is 1. The SMILES string of the molecule is Cc1ncn(CCNC(=O)CC2CSc3nccc(=O)n32)c(=O)c1C. The standard InChI is InChI=1S/C16H19N5O3S/c1-10-11(2)19-9-20(15(10)24)6-5-17-13(22)7-12-8-25-16-18-4-3-14(23)21(12)16/h3-4,9,12H,5-8H2,1-2H3,(H,17,22). The summed E-state index contributed by atoms with van der Waals surface area (Å²) in [7, 11) is 0. The first-order chi connectivity index (χ1) is 12.0. The van der Waals surface area contributed by atoms with Gasteiger partial charge in [0.2, 0.25) is 5.91 Å². The fourth-order valence-corrected chi connectivity index (χ4v) is 3.80. The van der Waals surface area contributed by atoms with Crippen molar-refractivity contribution >= 4 is 17.7 Å². The van der Waals surface area contributed by atoms with E-state index in [0.29, 0.717) is 35.3 Å². The van der Waals surface area contributed by atoms with Gasteiger partial charge in [-0.2, -0.15) is 0 Å². The van der Waals surface area contributed by atoms with E-state index in [4.69, 9.17) is 0 Å². The van der Waals surface area contributed by atoms with Crippen LogP contribution < -0.4 is 16.4 Å². The lowest BCUT2D eigenvalue weighted by atomic mass is 10.2. The lowest BCUT2D eigenvalue weighted by molar-refractivity contribution is -0.121. The number of carbonyl (C=O) groups is 1. The van der Waals surface area contributed by atoms with Crippen molar-refractivity contribution in [2.75, 3.05) is 12.3 Å². The number of hydrogen-bond donors (Lipinski definition) is 1. The van der Waals surface area contributed by atoms with Crippen molar-refractivity contribution in [2.24, 2.45) is 0 Å². The zero-order valence-corrected chi connectivity index (χ0v) is 14.9. The van der Waals surface area contributed by atoms with Crippen LogP contribution >= 0.6 is 11.8 Å². The molecule has 0 aliphatic carbocycles. The first-order valence-corrected chi connectivity index (χ1v) is 8.95. The van der Waals surface area contributed by atoms with Crippen LogP contribution in [0.1, 0.15) is 23.7 Å². The molecule has 1 aliphatic rings. The first kappa shape index (κ1) is 17.4. The van der Waals surface area contributed by atoms with Crippen LogP contribution in [0.15, 0.2) is 33.3 Å². The molecule has 0 saturated heterocycles. The monoisotopic (exact) mass is 361 g/mol. The molecule has 8 nitrogen and oxygen atoms in total. The summed E-state index contributed by atoms with van der Waals surface area (Å²) in [5.74, 6) is 0.499. The summed E-state index contributed by atoms with van der Waals surface area (Å²) in [5, 5.41) is 3.45. The average molecular weight is 361 g/mol. The van der Waals surface area contributed by atoms with E-state index in [2.05, 4.69) is 15.3 Å². The largest absolute Gasteiger partial charge is 0.354 e. The van der Waals surface area contributed by atoms with Gasteiger partial charge in [-0.05, 0) is 13.8 Å². The van der Waals surface area contributed by atoms with Crippen molar-refractivity contribution in [2.45, 2.75) is 38.0 Å². The van der Waals surface area contributed by atoms with E-state index in [1.807, 2.05) is 0 Å². The van der Waals surface area contributed by atoms with Crippen LogP contribution in [0.5, 0.6) is 0 Å². The molecule has 9 heteroatoms. The Bertz CT molecular complexity index is 921. The van der Waals surface area contributed by atoms with Gasteiger partial charge in [0.15, 0.2) is 5.16 Å². The average Bonchev–Trinajstić information content (AvgIpc) is 2.99. The van der Waals surface area contributed by atoms with Crippen molar-refractivity contribution in [3.05, 3.63) is 50.6 Å². The van der Waals surface area contributed by atoms with Crippen molar-refractivity contribution < 1.29 is 4.79 Å². The molecule has 1 atom stereocenters. The van der Waals surface area contributed by atoms with Gasteiger partial charge in [0.25, 0.3) is 11.1 Å². The van der Waals surface area contributed by atoms with E-state index < -0.39 is 0 Å². The third-order valence-electron chi connectivity index (χ3n) is 4.23. The molecule has 2 aromatic heterocycles. The smallest absolute Gasteiger partial charge is 0.256 e. The Morgan fingerprint density at radius 2 is 2.16 bits per heavy atom. The number of hydrogen-bond acceptors (Lipinski definition) is 6. The fourth-order valence-electron chi connectivity index (χ4n) is 2.68. The molecule has 0 radical (unpaired) electrons. The molecule has 1 aliphatic heterocycles. The highest BCUT2D eigenvalue weighted by molar-refractivity contribution is 7.99. The summed E-state index contributed by atoms with van der Waals surface area (Å²) < 4.78 is 3.06. The summed E-state index contributed by atoms with van der Waals surface area (Å²) >= 11 is 1.48. The second-order valence-electron chi connectivity index (χ2n) is 5.91. The fraction of sp³-hybridized carbons (Fsp3) is 0.438. The van der Waals surface area contributed by atoms with E-state index in [0.717, 1.165) is 0 Å². The van der Waals surface area contributed by atoms with E-state index in [1.54, 1.807) is 18.4 Å². The lowest BCUT2D eigenvalue weighted by Crippen LogP contribution is -2.34.